The monoisotopic (exact) mass is 219 g/mol. The minimum Gasteiger partial charge on any atom is -0.368 e. The number of carbonyl (C=O) groups is 1. The van der Waals surface area contributed by atoms with Gasteiger partial charge in [-0.25, -0.2) is 0 Å². The van der Waals surface area contributed by atoms with Crippen LogP contribution in [0.5, 0.6) is 0 Å². The Hall–Kier alpha value is -1.39. The van der Waals surface area contributed by atoms with E-state index >= 15 is 0 Å². The number of benzene rings is 1. The second-order valence-electron chi connectivity index (χ2n) is 4.13. The van der Waals surface area contributed by atoms with Gasteiger partial charge in [0.25, 0.3) is 0 Å². The molecule has 4 nitrogen and oxygen atoms in total. The SMILES string of the molecule is NC(=O)C1CN(Cc2ccccc2)CCN1. The Balaban J connectivity index is 1.93. The molecule has 0 bridgehead atoms. The molecule has 3 N–H and O–H groups in total. The smallest absolute Gasteiger partial charge is 0.235 e. The first-order valence-electron chi connectivity index (χ1n) is 5.54. The molecular formula is C12H17N3O. The largest absolute Gasteiger partial charge is 0.368 e. The van der Waals surface area contributed by atoms with Crippen LogP contribution in [0.1, 0.15) is 5.56 Å². The quantitative estimate of drug-likeness (QED) is 0.749. The van der Waals surface area contributed by atoms with Gasteiger partial charge in [-0.1, -0.05) is 30.3 Å². The summed E-state index contributed by atoms with van der Waals surface area (Å²) in [5.41, 5.74) is 6.57. The average molecular weight is 219 g/mol. The molecule has 1 aliphatic heterocycles. The summed E-state index contributed by atoms with van der Waals surface area (Å²) in [7, 11) is 0. The van der Waals surface area contributed by atoms with Crippen LogP contribution in [0.3, 0.4) is 0 Å². The molecule has 0 spiro atoms. The fraction of sp³-hybridized carbons (Fsp3) is 0.417. The number of piperazine rings is 1. The number of nitrogens with one attached hydrogen (secondary N) is 1. The molecule has 0 radical (unpaired) electrons. The second-order valence-corrected chi connectivity index (χ2v) is 4.13. The van der Waals surface area contributed by atoms with Gasteiger partial charge in [0.05, 0.1) is 6.04 Å². The van der Waals surface area contributed by atoms with E-state index in [2.05, 4.69) is 22.3 Å². The van der Waals surface area contributed by atoms with Gasteiger partial charge in [0, 0.05) is 26.2 Å². The predicted molar refractivity (Wildman–Crippen MR) is 62.7 cm³/mol. The third-order valence-corrected chi connectivity index (χ3v) is 2.85. The van der Waals surface area contributed by atoms with Crippen molar-refractivity contribution in [3.05, 3.63) is 35.9 Å². The number of nitrogens with zero attached hydrogens (tertiary/aromatic N) is 1. The van der Waals surface area contributed by atoms with Crippen LogP contribution in [0.4, 0.5) is 0 Å². The lowest BCUT2D eigenvalue weighted by molar-refractivity contribution is -0.121. The summed E-state index contributed by atoms with van der Waals surface area (Å²) in [6.45, 7) is 3.36. The van der Waals surface area contributed by atoms with Crippen LogP contribution in [-0.4, -0.2) is 36.5 Å². The number of amides is 1. The van der Waals surface area contributed by atoms with E-state index in [9.17, 15) is 4.79 Å². The van der Waals surface area contributed by atoms with Crippen molar-refractivity contribution >= 4 is 5.91 Å². The first kappa shape index (κ1) is 11.1. The molecule has 0 saturated carbocycles. The van der Waals surface area contributed by atoms with E-state index in [-0.39, 0.29) is 11.9 Å². The maximum atomic E-state index is 11.1. The van der Waals surface area contributed by atoms with Gasteiger partial charge in [-0.05, 0) is 5.56 Å². The zero-order valence-electron chi connectivity index (χ0n) is 9.23. The Morgan fingerprint density at radius 1 is 1.44 bits per heavy atom. The van der Waals surface area contributed by atoms with Crippen LogP contribution in [0.2, 0.25) is 0 Å². The maximum absolute atomic E-state index is 11.1. The number of primary amides is 1. The fourth-order valence-electron chi connectivity index (χ4n) is 1.99. The number of carbonyl (C=O) groups excluding carboxylic acids is 1. The normalized spacial score (nSPS) is 21.9. The summed E-state index contributed by atoms with van der Waals surface area (Å²) in [5.74, 6) is -0.266. The van der Waals surface area contributed by atoms with E-state index in [1.165, 1.54) is 5.56 Å². The minimum absolute atomic E-state index is 0.211. The summed E-state index contributed by atoms with van der Waals surface area (Å²) in [5, 5.41) is 3.12. The molecule has 1 atom stereocenters. The zero-order valence-corrected chi connectivity index (χ0v) is 9.23. The summed E-state index contributed by atoms with van der Waals surface area (Å²) in [4.78, 5) is 13.3. The van der Waals surface area contributed by atoms with Crippen molar-refractivity contribution in [2.24, 2.45) is 5.73 Å². The molecule has 1 heterocycles. The molecule has 1 fully saturated rings. The zero-order chi connectivity index (χ0) is 11.4. The predicted octanol–water partition coefficient (Wildman–Crippen LogP) is -0.0543. The lowest BCUT2D eigenvalue weighted by Crippen LogP contribution is -2.55. The molecule has 0 aromatic heterocycles. The lowest BCUT2D eigenvalue weighted by Gasteiger charge is -2.32. The van der Waals surface area contributed by atoms with Crippen LogP contribution in [0, 0.1) is 0 Å². The van der Waals surface area contributed by atoms with E-state index < -0.39 is 0 Å². The maximum Gasteiger partial charge on any atom is 0.235 e. The second kappa shape index (κ2) is 5.09. The minimum atomic E-state index is -0.266. The van der Waals surface area contributed by atoms with Crippen LogP contribution in [0.15, 0.2) is 30.3 Å². The van der Waals surface area contributed by atoms with Gasteiger partial charge in [-0.15, -0.1) is 0 Å². The van der Waals surface area contributed by atoms with Crippen molar-refractivity contribution in [1.82, 2.24) is 10.2 Å². The van der Waals surface area contributed by atoms with E-state index in [1.807, 2.05) is 18.2 Å². The molecule has 1 aliphatic rings. The van der Waals surface area contributed by atoms with Gasteiger partial charge < -0.3 is 11.1 Å². The third-order valence-electron chi connectivity index (χ3n) is 2.85. The van der Waals surface area contributed by atoms with Gasteiger partial charge in [-0.3, -0.25) is 9.69 Å². The summed E-state index contributed by atoms with van der Waals surface area (Å²) >= 11 is 0. The standard InChI is InChI=1S/C12H17N3O/c13-12(16)11-9-15(7-6-14-11)8-10-4-2-1-3-5-10/h1-5,11,14H,6-9H2,(H2,13,16). The Morgan fingerprint density at radius 3 is 2.88 bits per heavy atom. The van der Waals surface area contributed by atoms with Crippen molar-refractivity contribution in [1.29, 1.82) is 0 Å². The number of nitrogens with two attached hydrogens (primary N) is 1. The highest BCUT2D eigenvalue weighted by Crippen LogP contribution is 2.07. The van der Waals surface area contributed by atoms with Gasteiger partial charge in [0.2, 0.25) is 5.91 Å². The van der Waals surface area contributed by atoms with Crippen molar-refractivity contribution < 1.29 is 4.79 Å². The highest BCUT2D eigenvalue weighted by Gasteiger charge is 2.22. The molecule has 86 valence electrons. The highest BCUT2D eigenvalue weighted by atomic mass is 16.1. The lowest BCUT2D eigenvalue weighted by atomic mass is 10.1. The molecule has 16 heavy (non-hydrogen) atoms. The Labute approximate surface area is 95.4 Å². The van der Waals surface area contributed by atoms with Gasteiger partial charge in [0.15, 0.2) is 0 Å². The molecule has 1 unspecified atom stereocenters. The Morgan fingerprint density at radius 2 is 2.19 bits per heavy atom. The van der Waals surface area contributed by atoms with Crippen LogP contribution < -0.4 is 11.1 Å². The fourth-order valence-corrected chi connectivity index (χ4v) is 1.99. The summed E-state index contributed by atoms with van der Waals surface area (Å²) in [6, 6.07) is 10.1. The van der Waals surface area contributed by atoms with Crippen molar-refractivity contribution in [3.63, 3.8) is 0 Å². The van der Waals surface area contributed by atoms with Crippen molar-refractivity contribution in [3.8, 4) is 0 Å². The first-order chi connectivity index (χ1) is 7.75. The van der Waals surface area contributed by atoms with Crippen molar-refractivity contribution in [2.45, 2.75) is 12.6 Å². The number of hydrogen-bond donors (Lipinski definition) is 2. The molecular weight excluding hydrogens is 202 g/mol. The van der Waals surface area contributed by atoms with Gasteiger partial charge in [-0.2, -0.15) is 0 Å². The molecule has 0 aliphatic carbocycles. The molecule has 1 aromatic carbocycles. The molecule has 4 heteroatoms. The van der Waals surface area contributed by atoms with Gasteiger partial charge >= 0.3 is 0 Å². The Bertz CT molecular complexity index is 353. The number of rotatable bonds is 3. The van der Waals surface area contributed by atoms with Gasteiger partial charge in [0.1, 0.15) is 0 Å². The van der Waals surface area contributed by atoms with E-state index in [1.54, 1.807) is 0 Å². The van der Waals surface area contributed by atoms with E-state index in [0.29, 0.717) is 6.54 Å². The molecule has 1 amide bonds. The summed E-state index contributed by atoms with van der Waals surface area (Å²) in [6.07, 6.45) is 0. The van der Waals surface area contributed by atoms with E-state index in [0.717, 1.165) is 19.6 Å². The highest BCUT2D eigenvalue weighted by molar-refractivity contribution is 5.80. The molecule has 2 rings (SSSR count). The molecule has 1 aromatic rings. The third kappa shape index (κ3) is 2.81. The van der Waals surface area contributed by atoms with Crippen LogP contribution in [-0.2, 0) is 11.3 Å². The van der Waals surface area contributed by atoms with Crippen molar-refractivity contribution in [2.75, 3.05) is 19.6 Å². The topological polar surface area (TPSA) is 58.4 Å². The Kier molecular flexibility index (Phi) is 3.54. The molecule has 1 saturated heterocycles. The first-order valence-corrected chi connectivity index (χ1v) is 5.54. The van der Waals surface area contributed by atoms with E-state index in [4.69, 9.17) is 5.73 Å². The average Bonchev–Trinajstić information content (AvgIpc) is 2.30. The van der Waals surface area contributed by atoms with Crippen LogP contribution in [0.25, 0.3) is 0 Å². The van der Waals surface area contributed by atoms with Crippen LogP contribution >= 0.6 is 0 Å². The summed E-state index contributed by atoms with van der Waals surface area (Å²) < 4.78 is 0. The number of hydrogen-bond acceptors (Lipinski definition) is 3.